The molecule has 4 N–H and O–H groups in total. The predicted octanol–water partition coefficient (Wildman–Crippen LogP) is 3.96. The van der Waals surface area contributed by atoms with Crippen LogP contribution >= 0.6 is 0 Å². The lowest BCUT2D eigenvalue weighted by atomic mass is 9.95. The molecule has 1 aliphatic rings. The standard InChI is InChI=1S/C34H38N4O9/c1-5-44-28-17-24(31-30(33(41)43-4)21(3)36-34(42)37-31)15-16-27(28)47-20-29(39)38-35-18-25-9-7-8-10-26(25)46-19-22-11-13-23(14-12-22)32(40)45-6-2/h7-18,29,31,38-39H,5-6,19-20H2,1-4H3,(H2,36,37,42)/b35-18+/t29-,31+/m1/s1. The van der Waals surface area contributed by atoms with Crippen molar-refractivity contribution in [3.8, 4) is 17.2 Å². The smallest absolute Gasteiger partial charge is 0.338 e. The Bertz CT molecular complexity index is 1620. The molecule has 3 aromatic carbocycles. The van der Waals surface area contributed by atoms with E-state index in [9.17, 15) is 19.5 Å². The molecule has 2 amide bonds. The maximum Gasteiger partial charge on any atom is 0.338 e. The molecule has 0 bridgehead atoms. The molecule has 248 valence electrons. The van der Waals surface area contributed by atoms with Crippen LogP contribution in [0.25, 0.3) is 0 Å². The fourth-order valence-corrected chi connectivity index (χ4v) is 4.65. The summed E-state index contributed by atoms with van der Waals surface area (Å²) in [7, 11) is 1.27. The Kier molecular flexibility index (Phi) is 12.2. The number of aliphatic hydroxyl groups is 1. The molecule has 1 aliphatic heterocycles. The van der Waals surface area contributed by atoms with E-state index in [-0.39, 0.29) is 24.8 Å². The molecular formula is C34H38N4O9. The highest BCUT2D eigenvalue weighted by Gasteiger charge is 2.32. The van der Waals surface area contributed by atoms with E-state index in [2.05, 4.69) is 21.2 Å². The molecule has 47 heavy (non-hydrogen) atoms. The van der Waals surface area contributed by atoms with E-state index in [1.807, 2.05) is 18.2 Å². The monoisotopic (exact) mass is 646 g/mol. The summed E-state index contributed by atoms with van der Waals surface area (Å²) in [6.45, 7) is 5.91. The van der Waals surface area contributed by atoms with Crippen molar-refractivity contribution in [1.82, 2.24) is 16.1 Å². The number of hydrogen-bond acceptors (Lipinski definition) is 11. The van der Waals surface area contributed by atoms with Crippen LogP contribution in [0.15, 0.2) is 83.1 Å². The maximum absolute atomic E-state index is 12.5. The van der Waals surface area contributed by atoms with E-state index >= 15 is 0 Å². The third-order valence-electron chi connectivity index (χ3n) is 6.88. The first-order valence-electron chi connectivity index (χ1n) is 14.9. The Hall–Kier alpha value is -5.56. The van der Waals surface area contributed by atoms with Gasteiger partial charge < -0.3 is 39.4 Å². The molecular weight excluding hydrogens is 608 g/mol. The number of ether oxygens (including phenoxy) is 5. The maximum atomic E-state index is 12.5. The van der Waals surface area contributed by atoms with Gasteiger partial charge in [0, 0.05) is 11.3 Å². The molecule has 0 radical (unpaired) electrons. The Labute approximate surface area is 272 Å². The van der Waals surface area contributed by atoms with E-state index in [1.165, 1.54) is 13.3 Å². The molecule has 0 fully saturated rings. The van der Waals surface area contributed by atoms with Crippen LogP contribution in [0.1, 0.15) is 53.9 Å². The van der Waals surface area contributed by atoms with Crippen molar-refractivity contribution in [2.24, 2.45) is 5.10 Å². The van der Waals surface area contributed by atoms with Gasteiger partial charge in [0.15, 0.2) is 17.7 Å². The van der Waals surface area contributed by atoms with Crippen LogP contribution in [0, 0.1) is 0 Å². The topological polar surface area (TPSA) is 166 Å². The van der Waals surface area contributed by atoms with Gasteiger partial charge in [-0.05, 0) is 68.3 Å². The number of methoxy groups -OCH3 is 1. The summed E-state index contributed by atoms with van der Waals surface area (Å²) in [5.74, 6) is 0.322. The second-order valence-electron chi connectivity index (χ2n) is 10.2. The number of esters is 2. The number of carbonyl (C=O) groups is 3. The van der Waals surface area contributed by atoms with Gasteiger partial charge in [0.2, 0.25) is 0 Å². The number of allylic oxidation sites excluding steroid dienone is 1. The minimum atomic E-state index is -1.17. The molecule has 0 aromatic heterocycles. The fraction of sp³-hybridized carbons (Fsp3) is 0.294. The normalized spacial score (nSPS) is 14.9. The second kappa shape index (κ2) is 16.7. The zero-order valence-corrected chi connectivity index (χ0v) is 26.6. The van der Waals surface area contributed by atoms with Crippen molar-refractivity contribution < 1.29 is 43.2 Å². The highest BCUT2D eigenvalue weighted by atomic mass is 16.5. The molecule has 13 nitrogen and oxygen atoms in total. The number of hydrazone groups is 1. The molecule has 4 rings (SSSR count). The minimum absolute atomic E-state index is 0.173. The molecule has 0 spiro atoms. The van der Waals surface area contributed by atoms with E-state index in [1.54, 1.807) is 69.3 Å². The second-order valence-corrected chi connectivity index (χ2v) is 10.2. The summed E-state index contributed by atoms with van der Waals surface area (Å²) in [4.78, 5) is 36.5. The number of benzene rings is 3. The van der Waals surface area contributed by atoms with Gasteiger partial charge in [0.25, 0.3) is 0 Å². The molecule has 2 atom stereocenters. The Morgan fingerprint density at radius 2 is 1.72 bits per heavy atom. The number of nitrogens with zero attached hydrogens (tertiary/aromatic N) is 1. The number of para-hydroxylation sites is 1. The van der Waals surface area contributed by atoms with Gasteiger partial charge in [-0.3, -0.25) is 5.43 Å². The van der Waals surface area contributed by atoms with Crippen molar-refractivity contribution in [1.29, 1.82) is 0 Å². The van der Waals surface area contributed by atoms with E-state index in [0.717, 1.165) is 5.56 Å². The van der Waals surface area contributed by atoms with Gasteiger partial charge in [-0.15, -0.1) is 0 Å². The van der Waals surface area contributed by atoms with Gasteiger partial charge in [-0.1, -0.05) is 30.3 Å². The molecule has 0 saturated carbocycles. The summed E-state index contributed by atoms with van der Waals surface area (Å²) in [5, 5.41) is 20.0. The summed E-state index contributed by atoms with van der Waals surface area (Å²) in [6, 6.07) is 18.0. The van der Waals surface area contributed by atoms with Crippen molar-refractivity contribution in [2.45, 2.75) is 39.6 Å². The summed E-state index contributed by atoms with van der Waals surface area (Å²) in [5.41, 5.74) is 5.86. The summed E-state index contributed by atoms with van der Waals surface area (Å²) >= 11 is 0. The Morgan fingerprint density at radius 1 is 0.957 bits per heavy atom. The van der Waals surface area contributed by atoms with Gasteiger partial charge in [0.1, 0.15) is 19.0 Å². The lowest BCUT2D eigenvalue weighted by Gasteiger charge is -2.28. The number of aliphatic hydroxyl groups excluding tert-OH is 1. The van der Waals surface area contributed by atoms with Crippen LogP contribution in [-0.4, -0.2) is 62.4 Å². The average Bonchev–Trinajstić information content (AvgIpc) is 3.07. The van der Waals surface area contributed by atoms with Gasteiger partial charge in [-0.25, -0.2) is 14.4 Å². The van der Waals surface area contributed by atoms with Crippen LogP contribution in [0.4, 0.5) is 4.79 Å². The predicted molar refractivity (Wildman–Crippen MR) is 172 cm³/mol. The van der Waals surface area contributed by atoms with Crippen molar-refractivity contribution in [2.75, 3.05) is 26.9 Å². The van der Waals surface area contributed by atoms with Crippen molar-refractivity contribution in [3.05, 3.63) is 100 Å². The Balaban J connectivity index is 1.35. The summed E-state index contributed by atoms with van der Waals surface area (Å²) in [6.07, 6.45) is 0.344. The van der Waals surface area contributed by atoms with Crippen LogP contribution in [0.5, 0.6) is 17.2 Å². The number of nitrogens with one attached hydrogen (secondary N) is 3. The SMILES string of the molecule is CCOC(=O)c1ccc(COc2ccccc2/C=N/N[C@H](O)COc2ccc([C@@H]3NC(=O)NC(C)=C3C(=O)OC)cc2OCC)cc1. The molecule has 3 aromatic rings. The largest absolute Gasteiger partial charge is 0.490 e. The van der Waals surface area contributed by atoms with Crippen LogP contribution in [-0.2, 0) is 20.9 Å². The molecule has 0 unspecified atom stereocenters. The third kappa shape index (κ3) is 9.23. The average molecular weight is 647 g/mol. The Morgan fingerprint density at radius 3 is 2.45 bits per heavy atom. The summed E-state index contributed by atoms with van der Waals surface area (Å²) < 4.78 is 27.5. The molecule has 1 heterocycles. The van der Waals surface area contributed by atoms with Crippen LogP contribution < -0.4 is 30.3 Å². The molecule has 0 saturated heterocycles. The number of hydrogen-bond donors (Lipinski definition) is 4. The van der Waals surface area contributed by atoms with Crippen molar-refractivity contribution in [3.63, 3.8) is 0 Å². The first-order chi connectivity index (χ1) is 22.7. The van der Waals surface area contributed by atoms with Gasteiger partial charge >= 0.3 is 18.0 Å². The van der Waals surface area contributed by atoms with Crippen LogP contribution in [0.2, 0.25) is 0 Å². The van der Waals surface area contributed by atoms with E-state index in [4.69, 9.17) is 23.7 Å². The van der Waals surface area contributed by atoms with Gasteiger partial charge in [-0.2, -0.15) is 5.10 Å². The number of amides is 2. The van der Waals surface area contributed by atoms with E-state index in [0.29, 0.717) is 52.8 Å². The number of rotatable bonds is 15. The lowest BCUT2D eigenvalue weighted by molar-refractivity contribution is -0.136. The first-order valence-corrected chi connectivity index (χ1v) is 14.9. The van der Waals surface area contributed by atoms with Gasteiger partial charge in [0.05, 0.1) is 43.7 Å². The zero-order chi connectivity index (χ0) is 33.8. The highest BCUT2D eigenvalue weighted by Crippen LogP contribution is 2.35. The fourth-order valence-electron chi connectivity index (χ4n) is 4.65. The highest BCUT2D eigenvalue weighted by molar-refractivity contribution is 5.95. The zero-order valence-electron chi connectivity index (χ0n) is 26.6. The van der Waals surface area contributed by atoms with E-state index < -0.39 is 24.3 Å². The van der Waals surface area contributed by atoms with Crippen molar-refractivity contribution >= 4 is 24.2 Å². The number of carbonyl (C=O) groups excluding carboxylic acids is 3. The first kappa shape index (κ1) is 34.3. The van der Waals surface area contributed by atoms with Crippen LogP contribution in [0.3, 0.4) is 0 Å². The molecule has 13 heteroatoms. The lowest BCUT2D eigenvalue weighted by Crippen LogP contribution is -2.45. The minimum Gasteiger partial charge on any atom is -0.490 e. The third-order valence-corrected chi connectivity index (χ3v) is 6.88. The quantitative estimate of drug-likeness (QED) is 0.0822. The molecule has 0 aliphatic carbocycles. The number of urea groups is 1.